The summed E-state index contributed by atoms with van der Waals surface area (Å²) in [6, 6.07) is 6.20. The van der Waals surface area contributed by atoms with Crippen LogP contribution in [-0.2, 0) is 0 Å². The van der Waals surface area contributed by atoms with Gasteiger partial charge >= 0.3 is 0 Å². The van der Waals surface area contributed by atoms with Gasteiger partial charge in [-0.15, -0.1) is 11.3 Å². The third-order valence-electron chi connectivity index (χ3n) is 4.60. The summed E-state index contributed by atoms with van der Waals surface area (Å²) < 4.78 is 0. The van der Waals surface area contributed by atoms with E-state index in [9.17, 15) is 4.79 Å². The van der Waals surface area contributed by atoms with Crippen molar-refractivity contribution in [1.82, 2.24) is 14.9 Å². The van der Waals surface area contributed by atoms with Gasteiger partial charge in [0.25, 0.3) is 5.91 Å². The summed E-state index contributed by atoms with van der Waals surface area (Å²) in [4.78, 5) is 23.9. The molecule has 0 saturated carbocycles. The Morgan fingerprint density at radius 2 is 2.00 bits per heavy atom. The lowest BCUT2D eigenvalue weighted by Gasteiger charge is -2.29. The highest BCUT2D eigenvalue weighted by atomic mass is 32.1. The maximum absolute atomic E-state index is 13.2. The van der Waals surface area contributed by atoms with E-state index in [1.807, 2.05) is 33.9 Å². The molecule has 1 saturated heterocycles. The smallest absolute Gasteiger partial charge is 0.273 e. The monoisotopic (exact) mass is 369 g/mol. The van der Waals surface area contributed by atoms with Gasteiger partial charge in [0.15, 0.2) is 0 Å². The van der Waals surface area contributed by atoms with Crippen molar-refractivity contribution in [3.63, 3.8) is 0 Å². The minimum atomic E-state index is 0.0430. The molecule has 0 bridgehead atoms. The topological polar surface area (TPSA) is 46.1 Å². The van der Waals surface area contributed by atoms with Crippen molar-refractivity contribution in [2.75, 3.05) is 6.54 Å². The SMILES string of the molecule is O=C(c1csc(-c2ccsc2)n1)N1CCCCCC1c1ccncc1. The van der Waals surface area contributed by atoms with Gasteiger partial charge in [-0.05, 0) is 42.0 Å². The minimum Gasteiger partial charge on any atom is -0.330 e. The fourth-order valence-corrected chi connectivity index (χ4v) is 4.83. The molecule has 1 amide bonds. The number of amides is 1. The van der Waals surface area contributed by atoms with Gasteiger partial charge in [-0.3, -0.25) is 9.78 Å². The largest absolute Gasteiger partial charge is 0.330 e. The van der Waals surface area contributed by atoms with Gasteiger partial charge in [0.05, 0.1) is 6.04 Å². The Morgan fingerprint density at radius 3 is 2.80 bits per heavy atom. The second kappa shape index (κ2) is 7.45. The molecule has 1 atom stereocenters. The number of rotatable bonds is 3. The van der Waals surface area contributed by atoms with Crippen LogP contribution in [0.2, 0.25) is 0 Å². The molecular weight excluding hydrogens is 350 g/mol. The Kier molecular flexibility index (Phi) is 4.90. The van der Waals surface area contributed by atoms with Crippen LogP contribution in [0, 0.1) is 0 Å². The van der Waals surface area contributed by atoms with Gasteiger partial charge < -0.3 is 4.90 Å². The second-order valence-electron chi connectivity index (χ2n) is 6.19. The van der Waals surface area contributed by atoms with Crippen molar-refractivity contribution < 1.29 is 4.79 Å². The number of nitrogens with zero attached hydrogens (tertiary/aromatic N) is 3. The van der Waals surface area contributed by atoms with Crippen LogP contribution in [0.5, 0.6) is 0 Å². The molecule has 1 aliphatic heterocycles. The molecule has 0 N–H and O–H groups in total. The molecule has 6 heteroatoms. The summed E-state index contributed by atoms with van der Waals surface area (Å²) in [6.07, 6.45) is 7.98. The molecule has 25 heavy (non-hydrogen) atoms. The molecule has 1 fully saturated rings. The number of thiazole rings is 1. The molecule has 4 heterocycles. The van der Waals surface area contributed by atoms with E-state index in [4.69, 9.17) is 0 Å². The maximum Gasteiger partial charge on any atom is 0.273 e. The van der Waals surface area contributed by atoms with Crippen molar-refractivity contribution >= 4 is 28.6 Å². The molecule has 1 aliphatic rings. The van der Waals surface area contributed by atoms with Gasteiger partial charge in [-0.25, -0.2) is 4.98 Å². The zero-order valence-corrected chi connectivity index (χ0v) is 15.4. The number of hydrogen-bond acceptors (Lipinski definition) is 5. The molecule has 3 aromatic heterocycles. The first-order valence-corrected chi connectivity index (χ1v) is 10.3. The van der Waals surface area contributed by atoms with Gasteiger partial charge in [0, 0.05) is 35.3 Å². The summed E-state index contributed by atoms with van der Waals surface area (Å²) in [7, 11) is 0. The number of carbonyl (C=O) groups is 1. The van der Waals surface area contributed by atoms with Crippen molar-refractivity contribution in [1.29, 1.82) is 0 Å². The highest BCUT2D eigenvalue weighted by Gasteiger charge is 2.29. The normalized spacial score (nSPS) is 18.1. The summed E-state index contributed by atoms with van der Waals surface area (Å²) in [5.41, 5.74) is 2.82. The van der Waals surface area contributed by atoms with Gasteiger partial charge in [-0.1, -0.05) is 12.8 Å². The number of aromatic nitrogens is 2. The number of thiophene rings is 1. The van der Waals surface area contributed by atoms with Crippen LogP contribution >= 0.6 is 22.7 Å². The predicted molar refractivity (Wildman–Crippen MR) is 102 cm³/mol. The van der Waals surface area contributed by atoms with E-state index in [2.05, 4.69) is 15.3 Å². The number of carbonyl (C=O) groups excluding carboxylic acids is 1. The van der Waals surface area contributed by atoms with E-state index < -0.39 is 0 Å². The Hall–Kier alpha value is -2.05. The summed E-state index contributed by atoms with van der Waals surface area (Å²) in [6.45, 7) is 0.789. The Bertz CT molecular complexity index is 829. The van der Waals surface area contributed by atoms with Crippen molar-refractivity contribution in [3.8, 4) is 10.6 Å². The molecule has 0 radical (unpaired) electrons. The standard InChI is InChI=1S/C19H19N3OS2/c23-19(16-13-25-18(21-16)15-7-11-24-12-15)22-10-3-1-2-4-17(22)14-5-8-20-9-6-14/h5-9,11-13,17H,1-4,10H2. The van der Waals surface area contributed by atoms with Crippen LogP contribution in [0.1, 0.15) is 47.8 Å². The molecule has 4 rings (SSSR count). The lowest BCUT2D eigenvalue weighted by molar-refractivity contribution is 0.0675. The first-order valence-electron chi connectivity index (χ1n) is 8.52. The quantitative estimate of drug-likeness (QED) is 0.651. The zero-order chi connectivity index (χ0) is 17.1. The zero-order valence-electron chi connectivity index (χ0n) is 13.8. The molecule has 0 spiro atoms. The molecule has 3 aromatic rings. The van der Waals surface area contributed by atoms with E-state index >= 15 is 0 Å². The number of hydrogen-bond donors (Lipinski definition) is 0. The first kappa shape index (κ1) is 16.4. The van der Waals surface area contributed by atoms with Crippen molar-refractivity contribution in [2.45, 2.75) is 31.7 Å². The second-order valence-corrected chi connectivity index (χ2v) is 7.83. The lowest BCUT2D eigenvalue weighted by atomic mass is 10.0. The highest BCUT2D eigenvalue weighted by molar-refractivity contribution is 7.14. The van der Waals surface area contributed by atoms with Crippen LogP contribution in [0.25, 0.3) is 10.6 Å². The average molecular weight is 370 g/mol. The average Bonchev–Trinajstić information content (AvgIpc) is 3.29. The Labute approximate surface area is 155 Å². The first-order chi connectivity index (χ1) is 12.3. The van der Waals surface area contributed by atoms with E-state index in [0.717, 1.165) is 36.4 Å². The molecule has 4 nitrogen and oxygen atoms in total. The van der Waals surface area contributed by atoms with E-state index in [0.29, 0.717) is 5.69 Å². The summed E-state index contributed by atoms with van der Waals surface area (Å²) in [5.74, 6) is 0.0430. The molecule has 0 aliphatic carbocycles. The van der Waals surface area contributed by atoms with Crippen LogP contribution < -0.4 is 0 Å². The van der Waals surface area contributed by atoms with E-state index in [-0.39, 0.29) is 11.9 Å². The lowest BCUT2D eigenvalue weighted by Crippen LogP contribution is -2.35. The third kappa shape index (κ3) is 3.50. The molecule has 128 valence electrons. The molecule has 0 aromatic carbocycles. The van der Waals surface area contributed by atoms with Crippen LogP contribution in [0.4, 0.5) is 0 Å². The van der Waals surface area contributed by atoms with Crippen LogP contribution in [0.3, 0.4) is 0 Å². The van der Waals surface area contributed by atoms with Crippen molar-refractivity contribution in [2.24, 2.45) is 0 Å². The number of pyridine rings is 1. The van der Waals surface area contributed by atoms with Crippen molar-refractivity contribution in [3.05, 3.63) is 58.0 Å². The Balaban J connectivity index is 1.62. The van der Waals surface area contributed by atoms with E-state index in [1.165, 1.54) is 23.3 Å². The van der Waals surface area contributed by atoms with E-state index in [1.54, 1.807) is 23.7 Å². The van der Waals surface area contributed by atoms with Crippen LogP contribution in [0.15, 0.2) is 46.7 Å². The van der Waals surface area contributed by atoms with Crippen LogP contribution in [-0.4, -0.2) is 27.3 Å². The summed E-state index contributed by atoms with van der Waals surface area (Å²) >= 11 is 3.19. The number of likely N-dealkylation sites (tertiary alicyclic amines) is 1. The molecule has 1 unspecified atom stereocenters. The minimum absolute atomic E-state index is 0.0430. The fourth-order valence-electron chi connectivity index (χ4n) is 3.32. The molecular formula is C19H19N3OS2. The summed E-state index contributed by atoms with van der Waals surface area (Å²) in [5, 5.41) is 6.91. The van der Waals surface area contributed by atoms with Gasteiger partial charge in [-0.2, -0.15) is 11.3 Å². The van der Waals surface area contributed by atoms with Gasteiger partial charge in [0.1, 0.15) is 10.7 Å². The predicted octanol–water partition coefficient (Wildman–Crippen LogP) is 5.02. The fraction of sp³-hybridized carbons (Fsp3) is 0.316. The van der Waals surface area contributed by atoms with Gasteiger partial charge in [0.2, 0.25) is 0 Å². The highest BCUT2D eigenvalue weighted by Crippen LogP contribution is 2.32. The Morgan fingerprint density at radius 1 is 1.12 bits per heavy atom. The third-order valence-corrected chi connectivity index (χ3v) is 6.17. The maximum atomic E-state index is 13.2.